The predicted molar refractivity (Wildman–Crippen MR) is 112 cm³/mol. The normalized spacial score (nSPS) is 11.5. The first kappa shape index (κ1) is 21.0. The third-order valence-electron chi connectivity index (χ3n) is 4.25. The van der Waals surface area contributed by atoms with Crippen molar-refractivity contribution >= 4 is 24.3 Å². The highest BCUT2D eigenvalue weighted by Gasteiger charge is 2.24. The molecule has 0 radical (unpaired) electrons. The van der Waals surface area contributed by atoms with E-state index in [0.29, 0.717) is 11.3 Å². The van der Waals surface area contributed by atoms with Gasteiger partial charge in [0, 0.05) is 28.9 Å². The summed E-state index contributed by atoms with van der Waals surface area (Å²) in [5.74, 6) is 0.0610. The smallest absolute Gasteiger partial charge is 0.367 e. The second-order valence-electron chi connectivity index (χ2n) is 6.23. The van der Waals surface area contributed by atoms with Gasteiger partial charge in [-0.2, -0.15) is 0 Å². The maximum absolute atomic E-state index is 12.5. The van der Waals surface area contributed by atoms with Gasteiger partial charge in [0.2, 0.25) is 5.91 Å². The van der Waals surface area contributed by atoms with Gasteiger partial charge in [-0.3, -0.25) is 14.3 Å². The monoisotopic (exact) mass is 414 g/mol. The molecule has 7 nitrogen and oxygen atoms in total. The maximum atomic E-state index is 12.5. The van der Waals surface area contributed by atoms with Crippen molar-refractivity contribution in [3.05, 3.63) is 60.4 Å². The summed E-state index contributed by atoms with van der Waals surface area (Å²) in [6.45, 7) is 4.06. The summed E-state index contributed by atoms with van der Waals surface area (Å²) in [5, 5.41) is 1.78. The third-order valence-corrected chi connectivity index (χ3v) is 6.00. The Balaban J connectivity index is 1.84. The molecule has 2 aromatic carbocycles. The van der Waals surface area contributed by atoms with Crippen LogP contribution >= 0.6 is 7.60 Å². The molecule has 152 valence electrons. The fraction of sp³-hybridized carbons (Fsp3) is 0.238. The van der Waals surface area contributed by atoms with E-state index in [-0.39, 0.29) is 19.6 Å². The zero-order chi connectivity index (χ0) is 20.9. The third kappa shape index (κ3) is 5.01. The van der Waals surface area contributed by atoms with Gasteiger partial charge in [0.05, 0.1) is 13.2 Å². The van der Waals surface area contributed by atoms with Crippen LogP contribution in [0, 0.1) is 0 Å². The van der Waals surface area contributed by atoms with E-state index >= 15 is 0 Å². The molecule has 1 amide bonds. The number of carbonyl (C=O) groups is 1. The van der Waals surface area contributed by atoms with Crippen LogP contribution in [-0.2, 0) is 13.6 Å². The summed E-state index contributed by atoms with van der Waals surface area (Å²) >= 11 is 0. The van der Waals surface area contributed by atoms with Crippen LogP contribution in [0.1, 0.15) is 24.2 Å². The van der Waals surface area contributed by atoms with E-state index in [2.05, 4.69) is 4.98 Å². The lowest BCUT2D eigenvalue weighted by molar-refractivity contribution is 0.100. The molecule has 1 aromatic heterocycles. The van der Waals surface area contributed by atoms with Crippen LogP contribution in [0.2, 0.25) is 0 Å². The van der Waals surface area contributed by atoms with Gasteiger partial charge in [0.1, 0.15) is 5.75 Å². The summed E-state index contributed by atoms with van der Waals surface area (Å²) in [4.78, 5) is 15.8. The molecule has 8 heteroatoms. The molecule has 0 atom stereocenters. The molecule has 0 spiro atoms. The highest BCUT2D eigenvalue weighted by Crippen LogP contribution is 2.47. The van der Waals surface area contributed by atoms with Gasteiger partial charge < -0.3 is 19.5 Å². The van der Waals surface area contributed by atoms with Crippen LogP contribution in [0.15, 0.2) is 54.9 Å². The van der Waals surface area contributed by atoms with Crippen LogP contribution in [0.25, 0.3) is 21.9 Å². The average molecular weight is 414 g/mol. The Morgan fingerprint density at radius 2 is 1.72 bits per heavy atom. The first-order valence-electron chi connectivity index (χ1n) is 9.24. The molecule has 3 rings (SSSR count). The molecule has 0 aliphatic heterocycles. The molecule has 0 aliphatic carbocycles. The van der Waals surface area contributed by atoms with E-state index in [1.807, 2.05) is 18.2 Å². The second-order valence-corrected chi connectivity index (χ2v) is 8.23. The zero-order valence-corrected chi connectivity index (χ0v) is 17.2. The minimum atomic E-state index is -3.28. The quantitative estimate of drug-likeness (QED) is 0.514. The van der Waals surface area contributed by atoms with Gasteiger partial charge in [0.25, 0.3) is 0 Å². The number of aromatic nitrogens is 1. The molecular weight excluding hydrogens is 391 g/mol. The number of ether oxygens (including phenoxy) is 1. The number of hydrogen-bond acceptors (Lipinski definition) is 6. The first-order chi connectivity index (χ1) is 14.0. The number of hydrogen-bond donors (Lipinski definition) is 1. The summed E-state index contributed by atoms with van der Waals surface area (Å²) in [5.41, 5.74) is 7.61. The molecule has 0 saturated carbocycles. The highest BCUT2D eigenvalue weighted by molar-refractivity contribution is 7.53. The highest BCUT2D eigenvalue weighted by atomic mass is 31.2. The lowest BCUT2D eigenvalue weighted by Gasteiger charge is -2.17. The molecule has 0 bridgehead atoms. The van der Waals surface area contributed by atoms with E-state index in [1.54, 1.807) is 50.5 Å². The van der Waals surface area contributed by atoms with Gasteiger partial charge in [0.15, 0.2) is 6.35 Å². The Hall–Kier alpha value is -2.73. The van der Waals surface area contributed by atoms with E-state index in [4.69, 9.17) is 19.5 Å². The van der Waals surface area contributed by atoms with Crippen molar-refractivity contribution in [1.29, 1.82) is 0 Å². The first-order valence-corrected chi connectivity index (χ1v) is 11.0. The standard InChI is InChI=1S/C21H23N2O5P/c1-3-27-29(25,28-4-2)14-26-18-9-7-15(8-10-18)20-13-23-12-17-6-5-16(21(22)24)11-19(17)20/h5-13H,3-4,14H2,1-2H3,(H2,22,24). The van der Waals surface area contributed by atoms with E-state index in [1.165, 1.54) is 0 Å². The minimum absolute atomic E-state index is 0.161. The maximum Gasteiger partial charge on any atom is 0.367 e. The number of nitrogens with zero attached hydrogens (tertiary/aromatic N) is 1. The minimum Gasteiger partial charge on any atom is -0.481 e. The van der Waals surface area contributed by atoms with Crippen molar-refractivity contribution in [2.24, 2.45) is 5.73 Å². The van der Waals surface area contributed by atoms with Crippen LogP contribution in [0.4, 0.5) is 0 Å². The Morgan fingerprint density at radius 3 is 2.34 bits per heavy atom. The molecule has 3 aromatic rings. The lowest BCUT2D eigenvalue weighted by Crippen LogP contribution is -2.10. The van der Waals surface area contributed by atoms with Crippen LogP contribution in [0.3, 0.4) is 0 Å². The predicted octanol–water partition coefficient (Wildman–Crippen LogP) is 4.60. The van der Waals surface area contributed by atoms with E-state index in [9.17, 15) is 9.36 Å². The van der Waals surface area contributed by atoms with Crippen molar-refractivity contribution < 1.29 is 23.1 Å². The van der Waals surface area contributed by atoms with Gasteiger partial charge in [-0.25, -0.2) is 0 Å². The number of pyridine rings is 1. The number of benzene rings is 2. The van der Waals surface area contributed by atoms with Crippen LogP contribution < -0.4 is 10.5 Å². The van der Waals surface area contributed by atoms with Gasteiger partial charge in [-0.15, -0.1) is 0 Å². The van der Waals surface area contributed by atoms with Crippen molar-refractivity contribution in [1.82, 2.24) is 4.98 Å². The number of amides is 1. The van der Waals surface area contributed by atoms with Crippen molar-refractivity contribution in [3.63, 3.8) is 0 Å². The van der Waals surface area contributed by atoms with E-state index in [0.717, 1.165) is 21.9 Å². The number of fused-ring (bicyclic) bond motifs is 1. The van der Waals surface area contributed by atoms with Crippen molar-refractivity contribution in [2.45, 2.75) is 13.8 Å². The lowest BCUT2D eigenvalue weighted by atomic mass is 9.99. The fourth-order valence-electron chi connectivity index (χ4n) is 2.94. The second kappa shape index (κ2) is 9.18. The molecule has 1 heterocycles. The number of primary amides is 1. The van der Waals surface area contributed by atoms with Crippen molar-refractivity contribution in [3.8, 4) is 16.9 Å². The summed E-state index contributed by atoms with van der Waals surface area (Å²) < 4.78 is 28.6. The fourth-order valence-corrected chi connectivity index (χ4v) is 4.25. The molecule has 2 N–H and O–H groups in total. The Morgan fingerprint density at radius 1 is 1.03 bits per heavy atom. The van der Waals surface area contributed by atoms with Crippen LogP contribution in [-0.4, -0.2) is 30.5 Å². The molecule has 0 saturated heterocycles. The summed E-state index contributed by atoms with van der Waals surface area (Å²) in [7, 11) is -3.28. The molecule has 0 fully saturated rings. The molecular formula is C21H23N2O5P. The summed E-state index contributed by atoms with van der Waals surface area (Å²) in [6, 6.07) is 12.6. The number of nitrogens with two attached hydrogens (primary N) is 1. The average Bonchev–Trinajstić information content (AvgIpc) is 2.72. The van der Waals surface area contributed by atoms with Gasteiger partial charge >= 0.3 is 7.60 Å². The Kier molecular flexibility index (Phi) is 6.64. The van der Waals surface area contributed by atoms with Crippen molar-refractivity contribution in [2.75, 3.05) is 19.6 Å². The number of carbonyl (C=O) groups excluding carboxylic acids is 1. The number of rotatable bonds is 9. The molecule has 29 heavy (non-hydrogen) atoms. The molecule has 0 unspecified atom stereocenters. The SMILES string of the molecule is CCOP(=O)(COc1ccc(-c2cncc3ccc(C(N)=O)cc23)cc1)OCC. The van der Waals surface area contributed by atoms with Gasteiger partial charge in [-0.05, 0) is 49.1 Å². The molecule has 0 aliphatic rings. The Labute approximate surface area is 169 Å². The van der Waals surface area contributed by atoms with Crippen LogP contribution in [0.5, 0.6) is 5.75 Å². The summed E-state index contributed by atoms with van der Waals surface area (Å²) in [6.07, 6.45) is 3.31. The van der Waals surface area contributed by atoms with Gasteiger partial charge in [-0.1, -0.05) is 18.2 Å². The zero-order valence-electron chi connectivity index (χ0n) is 16.3. The van der Waals surface area contributed by atoms with E-state index < -0.39 is 13.5 Å². The topological polar surface area (TPSA) is 101 Å². The largest absolute Gasteiger partial charge is 0.481 e. The Bertz CT molecular complexity index is 1040.